The smallest absolute Gasteiger partial charge is 0.240 e. The summed E-state index contributed by atoms with van der Waals surface area (Å²) in [6, 6.07) is 12.8. The first-order chi connectivity index (χ1) is 15.8. The topological polar surface area (TPSA) is 88.2 Å². The zero-order valence-corrected chi connectivity index (χ0v) is 20.4. The van der Waals surface area contributed by atoms with Crippen LogP contribution in [0.4, 0.5) is 0 Å². The van der Waals surface area contributed by atoms with E-state index < -0.39 is 10.0 Å². The van der Waals surface area contributed by atoms with Crippen molar-refractivity contribution in [2.75, 3.05) is 53.0 Å². The van der Waals surface area contributed by atoms with Crippen LogP contribution in [0.5, 0.6) is 11.5 Å². The van der Waals surface area contributed by atoms with Gasteiger partial charge in [-0.2, -0.15) is 0 Å². The summed E-state index contributed by atoms with van der Waals surface area (Å²) < 4.78 is 38.6. The van der Waals surface area contributed by atoms with Gasteiger partial charge in [0, 0.05) is 45.7 Å². The first kappa shape index (κ1) is 25.0. The molecule has 1 aliphatic heterocycles. The van der Waals surface area contributed by atoms with Crippen molar-refractivity contribution in [3.05, 3.63) is 53.6 Å². The third kappa shape index (κ3) is 7.18. The van der Waals surface area contributed by atoms with E-state index in [0.29, 0.717) is 25.3 Å². The fourth-order valence-corrected chi connectivity index (χ4v) is 5.07. The number of rotatable bonds is 10. The predicted molar refractivity (Wildman–Crippen MR) is 127 cm³/mol. The van der Waals surface area contributed by atoms with Gasteiger partial charge in [-0.05, 0) is 55.3 Å². The van der Waals surface area contributed by atoms with E-state index in [1.54, 1.807) is 31.1 Å². The highest BCUT2D eigenvalue weighted by Gasteiger charge is 2.22. The van der Waals surface area contributed by atoms with E-state index >= 15 is 0 Å². The number of carbonyl (C=O) groups excluding carboxylic acids is 1. The van der Waals surface area contributed by atoms with E-state index in [9.17, 15) is 13.2 Å². The molecule has 9 heteroatoms. The van der Waals surface area contributed by atoms with Gasteiger partial charge in [-0.25, -0.2) is 13.1 Å². The van der Waals surface area contributed by atoms with E-state index in [1.165, 1.54) is 0 Å². The van der Waals surface area contributed by atoms with Crippen molar-refractivity contribution in [3.8, 4) is 11.5 Å². The van der Waals surface area contributed by atoms with Crippen LogP contribution in [-0.2, 0) is 14.8 Å². The lowest BCUT2D eigenvalue weighted by Gasteiger charge is -2.34. The lowest BCUT2D eigenvalue weighted by molar-refractivity contribution is -0.132. The van der Waals surface area contributed by atoms with Gasteiger partial charge in [0.2, 0.25) is 15.9 Å². The van der Waals surface area contributed by atoms with Crippen molar-refractivity contribution >= 4 is 15.9 Å². The Bertz CT molecular complexity index is 1030. The van der Waals surface area contributed by atoms with Gasteiger partial charge in [-0.15, -0.1) is 0 Å². The monoisotopic (exact) mass is 475 g/mol. The maximum absolute atomic E-state index is 12.6. The number of hydrogen-bond donors (Lipinski definition) is 1. The minimum Gasteiger partial charge on any atom is -0.497 e. The molecule has 0 spiro atoms. The summed E-state index contributed by atoms with van der Waals surface area (Å²) in [5.41, 5.74) is 1.57. The Balaban J connectivity index is 1.36. The molecule has 1 aliphatic rings. The number of aryl methyl sites for hydroxylation is 2. The van der Waals surface area contributed by atoms with Gasteiger partial charge in [-0.1, -0.05) is 12.1 Å². The summed E-state index contributed by atoms with van der Waals surface area (Å²) in [5.74, 6) is 1.56. The molecule has 0 radical (unpaired) electrons. The zero-order valence-electron chi connectivity index (χ0n) is 19.5. The number of benzene rings is 2. The Hall–Kier alpha value is -2.62. The molecule has 180 valence electrons. The Morgan fingerprint density at radius 3 is 2.33 bits per heavy atom. The summed E-state index contributed by atoms with van der Waals surface area (Å²) in [7, 11) is -2.01. The van der Waals surface area contributed by atoms with Crippen LogP contribution in [0.2, 0.25) is 0 Å². The van der Waals surface area contributed by atoms with Crippen LogP contribution in [0.15, 0.2) is 47.4 Å². The predicted octanol–water partition coefficient (Wildman–Crippen LogP) is 2.20. The number of ether oxygens (including phenoxy) is 2. The Morgan fingerprint density at radius 2 is 1.67 bits per heavy atom. The maximum atomic E-state index is 12.6. The van der Waals surface area contributed by atoms with Gasteiger partial charge < -0.3 is 14.4 Å². The lowest BCUT2D eigenvalue weighted by Crippen LogP contribution is -2.50. The molecule has 0 atom stereocenters. The van der Waals surface area contributed by atoms with Crippen molar-refractivity contribution in [2.24, 2.45) is 0 Å². The summed E-state index contributed by atoms with van der Waals surface area (Å²) in [5, 5.41) is 0. The van der Waals surface area contributed by atoms with Gasteiger partial charge in [0.15, 0.2) is 0 Å². The van der Waals surface area contributed by atoms with Gasteiger partial charge >= 0.3 is 0 Å². The van der Waals surface area contributed by atoms with E-state index in [-0.39, 0.29) is 23.8 Å². The van der Waals surface area contributed by atoms with Gasteiger partial charge in [0.05, 0.1) is 12.0 Å². The number of methoxy groups -OCH3 is 1. The second-order valence-electron chi connectivity index (χ2n) is 8.16. The minimum atomic E-state index is -3.64. The summed E-state index contributed by atoms with van der Waals surface area (Å²) in [4.78, 5) is 16.9. The standard InChI is InChI=1S/C24H33N3O5S/c1-19-4-5-20(2)23(18-19)33(29,30)25-11-10-24(28)27-14-12-26(13-15-27)16-17-32-22-8-6-21(31-3)7-9-22/h4-9,18,25H,10-17H2,1-3H3. The largest absolute Gasteiger partial charge is 0.497 e. The fraction of sp³-hybridized carbons (Fsp3) is 0.458. The number of piperazine rings is 1. The van der Waals surface area contributed by atoms with Crippen LogP contribution in [0.1, 0.15) is 17.5 Å². The number of nitrogens with one attached hydrogen (secondary N) is 1. The molecule has 1 N–H and O–H groups in total. The highest BCUT2D eigenvalue weighted by Crippen LogP contribution is 2.18. The van der Waals surface area contributed by atoms with Crippen LogP contribution in [-0.4, -0.2) is 77.1 Å². The van der Waals surface area contributed by atoms with Crippen molar-refractivity contribution < 1.29 is 22.7 Å². The Morgan fingerprint density at radius 1 is 1.00 bits per heavy atom. The molecule has 33 heavy (non-hydrogen) atoms. The van der Waals surface area contributed by atoms with E-state index in [2.05, 4.69) is 9.62 Å². The summed E-state index contributed by atoms with van der Waals surface area (Å²) >= 11 is 0. The molecule has 2 aromatic rings. The van der Waals surface area contributed by atoms with Gasteiger partial charge in [0.25, 0.3) is 0 Å². The molecule has 0 aromatic heterocycles. The average molecular weight is 476 g/mol. The third-order valence-electron chi connectivity index (χ3n) is 5.72. The van der Waals surface area contributed by atoms with E-state index in [4.69, 9.17) is 9.47 Å². The molecule has 0 aliphatic carbocycles. The van der Waals surface area contributed by atoms with Crippen LogP contribution in [0.3, 0.4) is 0 Å². The van der Waals surface area contributed by atoms with Crippen molar-refractivity contribution in [3.63, 3.8) is 0 Å². The summed E-state index contributed by atoms with van der Waals surface area (Å²) in [6.07, 6.45) is 0.144. The molecule has 0 bridgehead atoms. The van der Waals surface area contributed by atoms with E-state index in [1.807, 2.05) is 37.3 Å². The van der Waals surface area contributed by atoms with Crippen molar-refractivity contribution in [1.29, 1.82) is 0 Å². The number of carbonyl (C=O) groups is 1. The molecule has 1 saturated heterocycles. The zero-order chi connectivity index (χ0) is 23.8. The highest BCUT2D eigenvalue weighted by molar-refractivity contribution is 7.89. The minimum absolute atomic E-state index is 0.0344. The number of sulfonamides is 1. The SMILES string of the molecule is COc1ccc(OCCN2CCN(C(=O)CCNS(=O)(=O)c3cc(C)ccc3C)CC2)cc1. The van der Waals surface area contributed by atoms with Gasteiger partial charge in [0.1, 0.15) is 18.1 Å². The molecular weight excluding hydrogens is 442 g/mol. The molecule has 2 aromatic carbocycles. The molecule has 0 unspecified atom stereocenters. The first-order valence-corrected chi connectivity index (χ1v) is 12.6. The second-order valence-corrected chi connectivity index (χ2v) is 9.90. The third-order valence-corrected chi connectivity index (χ3v) is 7.33. The van der Waals surface area contributed by atoms with Crippen LogP contribution in [0.25, 0.3) is 0 Å². The molecule has 8 nitrogen and oxygen atoms in total. The van der Waals surface area contributed by atoms with Gasteiger partial charge in [-0.3, -0.25) is 9.69 Å². The Kier molecular flexibility index (Phi) is 8.71. The molecule has 1 amide bonds. The van der Waals surface area contributed by atoms with E-state index in [0.717, 1.165) is 36.7 Å². The molecule has 1 heterocycles. The molecule has 0 saturated carbocycles. The first-order valence-electron chi connectivity index (χ1n) is 11.1. The van der Waals surface area contributed by atoms with Crippen molar-refractivity contribution in [2.45, 2.75) is 25.2 Å². The molecular formula is C24H33N3O5S. The van der Waals surface area contributed by atoms with Crippen molar-refractivity contribution in [1.82, 2.24) is 14.5 Å². The normalized spacial score (nSPS) is 14.8. The van der Waals surface area contributed by atoms with Crippen LogP contribution >= 0.6 is 0 Å². The second kappa shape index (κ2) is 11.5. The Labute approximate surface area is 196 Å². The molecule has 3 rings (SSSR count). The number of amides is 1. The fourth-order valence-electron chi connectivity index (χ4n) is 3.71. The van der Waals surface area contributed by atoms with Crippen LogP contribution in [0, 0.1) is 13.8 Å². The summed E-state index contributed by atoms with van der Waals surface area (Å²) in [6.45, 7) is 7.86. The van der Waals surface area contributed by atoms with Crippen LogP contribution < -0.4 is 14.2 Å². The lowest BCUT2D eigenvalue weighted by atomic mass is 10.2. The molecule has 1 fully saturated rings. The highest BCUT2D eigenvalue weighted by atomic mass is 32.2. The average Bonchev–Trinajstić information content (AvgIpc) is 2.81. The number of nitrogens with zero attached hydrogens (tertiary/aromatic N) is 2. The maximum Gasteiger partial charge on any atom is 0.240 e. The quantitative estimate of drug-likeness (QED) is 0.567. The number of hydrogen-bond acceptors (Lipinski definition) is 6.